The number of rotatable bonds is 2. The van der Waals surface area contributed by atoms with Gasteiger partial charge in [-0.2, -0.15) is 0 Å². The molecule has 2 aliphatic heterocycles. The van der Waals surface area contributed by atoms with E-state index >= 15 is 0 Å². The summed E-state index contributed by atoms with van der Waals surface area (Å²) in [7, 11) is 0. The first kappa shape index (κ1) is 25.9. The summed E-state index contributed by atoms with van der Waals surface area (Å²) in [5, 5.41) is 16.4. The van der Waals surface area contributed by atoms with Crippen molar-refractivity contribution in [3.63, 3.8) is 0 Å². The average molecular weight is 642 g/mol. The molecule has 2 amide bonds. The number of hydrogen-bond acceptors (Lipinski definition) is 4. The third-order valence-corrected chi connectivity index (χ3v) is 9.26. The quantitative estimate of drug-likeness (QED) is 0.216. The van der Waals surface area contributed by atoms with Crippen LogP contribution in [0.2, 0.25) is 40.2 Å². The van der Waals surface area contributed by atoms with Crippen LogP contribution in [-0.4, -0.2) is 23.5 Å². The van der Waals surface area contributed by atoms with Gasteiger partial charge in [0.25, 0.3) is 11.8 Å². The molecule has 6 nitrogen and oxygen atoms in total. The molecule has 0 saturated carbocycles. The van der Waals surface area contributed by atoms with Crippen molar-refractivity contribution < 1.29 is 9.59 Å². The first-order valence-corrected chi connectivity index (χ1v) is 12.6. The maximum atomic E-state index is 13.2. The normalized spacial score (nSPS) is 14.8. The Morgan fingerprint density at radius 2 is 0.694 bits per heavy atom. The van der Waals surface area contributed by atoms with Gasteiger partial charge in [0.1, 0.15) is 11.7 Å². The van der Waals surface area contributed by atoms with E-state index in [2.05, 4.69) is 0 Å². The molecule has 2 heterocycles. The van der Waals surface area contributed by atoms with Gasteiger partial charge in [0.2, 0.25) is 0 Å². The second-order valence-electron chi connectivity index (χ2n) is 7.51. The molecule has 0 unspecified atom stereocenters. The highest BCUT2D eigenvalue weighted by molar-refractivity contribution is 6.58. The van der Waals surface area contributed by atoms with Crippen molar-refractivity contribution in [2.24, 2.45) is 0 Å². The third kappa shape index (κ3) is 3.40. The molecule has 2 N–H and O–H groups in total. The minimum absolute atomic E-state index is 0.0462. The summed E-state index contributed by atoms with van der Waals surface area (Å²) in [5.74, 6) is -1.77. The highest BCUT2D eigenvalue weighted by atomic mass is 35.5. The molecule has 36 heavy (non-hydrogen) atoms. The smallest absolute Gasteiger partial charge is 0.266 e. The number of halogens is 8. The van der Waals surface area contributed by atoms with Gasteiger partial charge in [0.05, 0.1) is 73.8 Å². The van der Waals surface area contributed by atoms with E-state index in [0.717, 1.165) is 9.80 Å². The van der Waals surface area contributed by atoms with Gasteiger partial charge in [-0.1, -0.05) is 92.8 Å². The molecule has 0 bridgehead atoms. The second kappa shape index (κ2) is 8.93. The summed E-state index contributed by atoms with van der Waals surface area (Å²) < 4.78 is 0. The zero-order valence-corrected chi connectivity index (χ0v) is 23.1. The van der Waals surface area contributed by atoms with Crippen molar-refractivity contribution in [2.75, 3.05) is 9.80 Å². The Balaban J connectivity index is 1.54. The van der Waals surface area contributed by atoms with Crippen LogP contribution in [0.25, 0.3) is 0 Å². The maximum absolute atomic E-state index is 13.2. The molecule has 0 fully saturated rings. The standard InChI is InChI=1S/C22H6Cl8N4O2/c23-11-7-9(13(25)17(29)15(11)27)21(35)33(19(7)31)5-1-2-6(4-3-5)34-20(32)8-10(22(34)36)14(26)18(30)16(28)12(8)24/h1-4,31-32H. The molecule has 3 aromatic carbocycles. The van der Waals surface area contributed by atoms with Gasteiger partial charge in [-0.25, -0.2) is 0 Å². The number of fused-ring (bicyclic) bond motifs is 2. The molecule has 2 aliphatic rings. The Hall–Kier alpha value is -1.74. The summed E-state index contributed by atoms with van der Waals surface area (Å²) in [4.78, 5) is 28.5. The summed E-state index contributed by atoms with van der Waals surface area (Å²) in [5.41, 5.74) is 0.542. The van der Waals surface area contributed by atoms with E-state index in [9.17, 15) is 9.59 Å². The fourth-order valence-corrected chi connectivity index (χ4v) is 6.05. The number of anilines is 2. The molecular weight excluding hydrogens is 636 g/mol. The van der Waals surface area contributed by atoms with E-state index in [-0.39, 0.29) is 85.5 Å². The number of amides is 2. The third-order valence-electron chi connectivity index (χ3n) is 5.66. The van der Waals surface area contributed by atoms with Gasteiger partial charge < -0.3 is 0 Å². The Bertz CT molecular complexity index is 1390. The van der Waals surface area contributed by atoms with Crippen molar-refractivity contribution in [3.8, 4) is 0 Å². The van der Waals surface area contributed by atoms with Crippen LogP contribution in [0.4, 0.5) is 11.4 Å². The Morgan fingerprint density at radius 3 is 0.972 bits per heavy atom. The minimum Gasteiger partial charge on any atom is -0.283 e. The van der Waals surface area contributed by atoms with E-state index in [0.29, 0.717) is 0 Å². The predicted molar refractivity (Wildman–Crippen MR) is 147 cm³/mol. The number of carbonyl (C=O) groups is 2. The topological polar surface area (TPSA) is 88.3 Å². The van der Waals surface area contributed by atoms with E-state index in [4.69, 9.17) is 104 Å². The van der Waals surface area contributed by atoms with Crippen LogP contribution in [0.15, 0.2) is 24.3 Å². The van der Waals surface area contributed by atoms with Crippen LogP contribution in [0.1, 0.15) is 31.8 Å². The second-order valence-corrected chi connectivity index (χ2v) is 10.5. The zero-order chi connectivity index (χ0) is 26.4. The van der Waals surface area contributed by atoms with Crippen LogP contribution >= 0.6 is 92.8 Å². The summed E-state index contributed by atoms with van der Waals surface area (Å²) in [6, 6.07) is 5.91. The molecule has 0 spiro atoms. The zero-order valence-electron chi connectivity index (χ0n) is 17.0. The fraction of sp³-hybridized carbons (Fsp3) is 0. The molecule has 5 rings (SSSR count). The van der Waals surface area contributed by atoms with Gasteiger partial charge >= 0.3 is 0 Å². The monoisotopic (exact) mass is 638 g/mol. The van der Waals surface area contributed by atoms with Crippen LogP contribution in [0.5, 0.6) is 0 Å². The van der Waals surface area contributed by atoms with Gasteiger partial charge in [-0.05, 0) is 24.3 Å². The van der Waals surface area contributed by atoms with E-state index in [1.807, 2.05) is 0 Å². The van der Waals surface area contributed by atoms with Crippen molar-refractivity contribution in [1.29, 1.82) is 10.8 Å². The molecule has 3 aromatic rings. The molecule has 14 heteroatoms. The summed E-state index contributed by atoms with van der Waals surface area (Å²) >= 11 is 49.4. The fourth-order valence-electron chi connectivity index (χ4n) is 4.00. The van der Waals surface area contributed by atoms with Gasteiger partial charge in [-0.3, -0.25) is 30.2 Å². The minimum atomic E-state index is -0.631. The first-order valence-electron chi connectivity index (χ1n) is 9.58. The lowest BCUT2D eigenvalue weighted by Gasteiger charge is -2.19. The van der Waals surface area contributed by atoms with Crippen LogP contribution < -0.4 is 9.80 Å². The van der Waals surface area contributed by atoms with Crippen LogP contribution in [-0.2, 0) is 0 Å². The van der Waals surface area contributed by atoms with Gasteiger partial charge in [-0.15, -0.1) is 0 Å². The van der Waals surface area contributed by atoms with Gasteiger partial charge in [0.15, 0.2) is 0 Å². The van der Waals surface area contributed by atoms with Crippen molar-refractivity contribution >= 4 is 128 Å². The molecule has 0 saturated heterocycles. The number of nitrogens with zero attached hydrogens (tertiary/aromatic N) is 2. The first-order chi connectivity index (χ1) is 16.9. The maximum Gasteiger partial charge on any atom is 0.266 e. The SMILES string of the molecule is N=C1c2c(Cl)c(Cl)c(Cl)c(Cl)c2C(=O)N1c1ccc(N2C(=N)c3c(Cl)c(Cl)c(Cl)c(Cl)c3C2=O)cc1. The Kier molecular flexibility index (Phi) is 6.42. The van der Waals surface area contributed by atoms with E-state index < -0.39 is 11.8 Å². The van der Waals surface area contributed by atoms with E-state index in [1.54, 1.807) is 0 Å². The number of hydrogen-bond donors (Lipinski definition) is 2. The van der Waals surface area contributed by atoms with Crippen LogP contribution in [0, 0.1) is 10.8 Å². The molecule has 0 aromatic heterocycles. The number of nitrogens with one attached hydrogen (secondary N) is 2. The summed E-state index contributed by atoms with van der Waals surface area (Å²) in [6.07, 6.45) is 0. The van der Waals surface area contributed by atoms with Crippen molar-refractivity contribution in [1.82, 2.24) is 0 Å². The number of amidine groups is 2. The Morgan fingerprint density at radius 1 is 0.444 bits per heavy atom. The van der Waals surface area contributed by atoms with E-state index in [1.165, 1.54) is 24.3 Å². The average Bonchev–Trinajstić information content (AvgIpc) is 3.27. The van der Waals surface area contributed by atoms with Crippen molar-refractivity contribution in [3.05, 3.63) is 86.7 Å². The van der Waals surface area contributed by atoms with Crippen molar-refractivity contribution in [2.45, 2.75) is 0 Å². The highest BCUT2D eigenvalue weighted by Crippen LogP contribution is 2.47. The molecule has 182 valence electrons. The lowest BCUT2D eigenvalue weighted by molar-refractivity contribution is 0.0999. The van der Waals surface area contributed by atoms with Crippen LogP contribution in [0.3, 0.4) is 0 Å². The largest absolute Gasteiger partial charge is 0.283 e. The molecular formula is C22H6Cl8N4O2. The lowest BCUT2D eigenvalue weighted by Crippen LogP contribution is -2.31. The van der Waals surface area contributed by atoms with Gasteiger partial charge in [0, 0.05) is 0 Å². The summed E-state index contributed by atoms with van der Waals surface area (Å²) in [6.45, 7) is 0. The number of benzene rings is 3. The Labute approximate surface area is 243 Å². The molecule has 0 aliphatic carbocycles. The highest BCUT2D eigenvalue weighted by Gasteiger charge is 2.42. The molecule has 0 atom stereocenters. The lowest BCUT2D eigenvalue weighted by atomic mass is 10.1. The predicted octanol–water partition coefficient (Wildman–Crippen LogP) is 8.89. The number of carbonyl (C=O) groups excluding carboxylic acids is 2. The molecule has 0 radical (unpaired) electrons.